The van der Waals surface area contributed by atoms with Crippen LogP contribution in [0.15, 0.2) is 29.3 Å². The van der Waals surface area contributed by atoms with Gasteiger partial charge in [-0.15, -0.1) is 0 Å². The molecule has 1 unspecified atom stereocenters. The average molecular weight is 337 g/mol. The van der Waals surface area contributed by atoms with Crippen molar-refractivity contribution in [2.24, 2.45) is 4.99 Å². The first-order valence-electron chi connectivity index (χ1n) is 7.99. The lowest BCUT2D eigenvalue weighted by Crippen LogP contribution is -2.39. The summed E-state index contributed by atoms with van der Waals surface area (Å²) in [5.74, 6) is 1.76. The molecule has 1 atom stereocenters. The zero-order valence-corrected chi connectivity index (χ0v) is 14.8. The van der Waals surface area contributed by atoms with E-state index in [1.165, 1.54) is 7.11 Å². The molecule has 7 heteroatoms. The smallest absolute Gasteiger partial charge is 0.307 e. The molecule has 134 valence electrons. The molecular formula is C17H27N3O4. The Morgan fingerprint density at radius 2 is 1.92 bits per heavy atom. The van der Waals surface area contributed by atoms with Crippen molar-refractivity contribution in [3.63, 3.8) is 0 Å². The highest BCUT2D eigenvalue weighted by molar-refractivity contribution is 5.80. The van der Waals surface area contributed by atoms with Crippen LogP contribution in [0.2, 0.25) is 0 Å². The summed E-state index contributed by atoms with van der Waals surface area (Å²) in [5, 5.41) is 6.21. The molecule has 0 bridgehead atoms. The Bertz CT molecular complexity index is 534. The largest absolute Gasteiger partial charge is 0.493 e. The number of aliphatic imine (C=N–C) groups is 1. The van der Waals surface area contributed by atoms with Gasteiger partial charge in [0, 0.05) is 13.1 Å². The summed E-state index contributed by atoms with van der Waals surface area (Å²) in [4.78, 5) is 15.6. The minimum atomic E-state index is -0.258. The van der Waals surface area contributed by atoms with Crippen LogP contribution in [0.4, 0.5) is 0 Å². The third kappa shape index (κ3) is 7.21. The number of esters is 1. The van der Waals surface area contributed by atoms with Gasteiger partial charge in [-0.05, 0) is 26.0 Å². The highest BCUT2D eigenvalue weighted by atomic mass is 16.5. The normalized spacial score (nSPS) is 12.2. The second-order valence-electron chi connectivity index (χ2n) is 5.05. The number of carbonyl (C=O) groups excluding carboxylic acids is 1. The van der Waals surface area contributed by atoms with Crippen LogP contribution in [0.5, 0.6) is 11.5 Å². The Kier molecular flexibility index (Phi) is 9.11. The molecule has 24 heavy (non-hydrogen) atoms. The molecule has 0 aliphatic heterocycles. The number of methoxy groups -OCH3 is 2. The Morgan fingerprint density at radius 1 is 1.21 bits per heavy atom. The van der Waals surface area contributed by atoms with Crippen molar-refractivity contribution in [3.05, 3.63) is 24.3 Å². The molecule has 0 saturated carbocycles. The van der Waals surface area contributed by atoms with Crippen LogP contribution in [-0.2, 0) is 9.53 Å². The monoisotopic (exact) mass is 337 g/mol. The predicted molar refractivity (Wildman–Crippen MR) is 93.7 cm³/mol. The molecular weight excluding hydrogens is 310 g/mol. The van der Waals surface area contributed by atoms with Gasteiger partial charge in [-0.3, -0.25) is 4.79 Å². The lowest BCUT2D eigenvalue weighted by molar-refractivity contribution is -0.140. The zero-order chi connectivity index (χ0) is 17.8. The Morgan fingerprint density at radius 3 is 2.54 bits per heavy atom. The van der Waals surface area contributed by atoms with Crippen molar-refractivity contribution in [1.82, 2.24) is 10.6 Å². The number of nitrogens with zero attached hydrogens (tertiary/aromatic N) is 1. The Labute approximate surface area is 143 Å². The average Bonchev–Trinajstić information content (AvgIpc) is 2.59. The van der Waals surface area contributed by atoms with E-state index < -0.39 is 0 Å². The third-order valence-corrected chi connectivity index (χ3v) is 3.10. The number of ether oxygens (including phenoxy) is 3. The topological polar surface area (TPSA) is 81.2 Å². The molecule has 2 N–H and O–H groups in total. The maximum atomic E-state index is 11.1. The first-order valence-corrected chi connectivity index (χ1v) is 7.99. The molecule has 0 radical (unpaired) electrons. The maximum Gasteiger partial charge on any atom is 0.307 e. The second kappa shape index (κ2) is 11.2. The van der Waals surface area contributed by atoms with Crippen LogP contribution in [0.3, 0.4) is 0 Å². The lowest BCUT2D eigenvalue weighted by atomic mass is 10.3. The first kappa shape index (κ1) is 19.6. The molecule has 0 aliphatic carbocycles. The molecule has 1 aromatic rings. The number of rotatable bonds is 9. The summed E-state index contributed by atoms with van der Waals surface area (Å²) in [6.45, 7) is 5.57. The summed E-state index contributed by atoms with van der Waals surface area (Å²) < 4.78 is 15.7. The molecule has 0 amide bonds. The fraction of sp³-hybridized carbons (Fsp3) is 0.529. The van der Waals surface area contributed by atoms with E-state index in [1.54, 1.807) is 7.11 Å². The van der Waals surface area contributed by atoms with Gasteiger partial charge in [-0.25, -0.2) is 4.99 Å². The summed E-state index contributed by atoms with van der Waals surface area (Å²) in [7, 11) is 2.98. The van der Waals surface area contributed by atoms with E-state index in [0.29, 0.717) is 30.5 Å². The highest BCUT2D eigenvalue weighted by Crippen LogP contribution is 2.26. The maximum absolute atomic E-state index is 11.1. The van der Waals surface area contributed by atoms with Gasteiger partial charge in [0.25, 0.3) is 0 Å². The van der Waals surface area contributed by atoms with Gasteiger partial charge in [0.15, 0.2) is 17.5 Å². The van der Waals surface area contributed by atoms with E-state index >= 15 is 0 Å². The van der Waals surface area contributed by atoms with Crippen LogP contribution < -0.4 is 20.1 Å². The Balaban J connectivity index is 2.53. The number of guanidine groups is 1. The molecule has 1 aromatic carbocycles. The van der Waals surface area contributed by atoms with Crippen LogP contribution in [0.1, 0.15) is 20.3 Å². The standard InChI is InChI=1S/C17H27N3O4/c1-5-18-17(19-11-10-16(21)23-4)20-12-13(2)24-15-9-7-6-8-14(15)22-3/h6-9,13H,5,10-12H2,1-4H3,(H2,18,19,20). The minimum absolute atomic E-state index is 0.127. The van der Waals surface area contributed by atoms with E-state index in [2.05, 4.69) is 20.4 Å². The van der Waals surface area contributed by atoms with Crippen molar-refractivity contribution in [2.45, 2.75) is 26.4 Å². The van der Waals surface area contributed by atoms with Gasteiger partial charge in [0.2, 0.25) is 0 Å². The fourth-order valence-corrected chi connectivity index (χ4v) is 1.92. The SMILES string of the molecule is CCNC(=NCC(C)Oc1ccccc1OC)NCCC(=O)OC. The van der Waals surface area contributed by atoms with E-state index in [-0.39, 0.29) is 18.5 Å². The number of hydrogen-bond acceptors (Lipinski definition) is 5. The second-order valence-corrected chi connectivity index (χ2v) is 5.05. The number of benzene rings is 1. The van der Waals surface area contributed by atoms with E-state index in [1.807, 2.05) is 38.1 Å². The molecule has 0 heterocycles. The zero-order valence-electron chi connectivity index (χ0n) is 14.8. The van der Waals surface area contributed by atoms with E-state index in [0.717, 1.165) is 6.54 Å². The van der Waals surface area contributed by atoms with Crippen molar-refractivity contribution in [2.75, 3.05) is 33.9 Å². The Hall–Kier alpha value is -2.44. The fourth-order valence-electron chi connectivity index (χ4n) is 1.92. The molecule has 7 nitrogen and oxygen atoms in total. The van der Waals surface area contributed by atoms with Gasteiger partial charge in [-0.2, -0.15) is 0 Å². The van der Waals surface area contributed by atoms with Crippen molar-refractivity contribution >= 4 is 11.9 Å². The van der Waals surface area contributed by atoms with Crippen LogP contribution in [0.25, 0.3) is 0 Å². The number of carbonyl (C=O) groups is 1. The van der Waals surface area contributed by atoms with Gasteiger partial charge >= 0.3 is 5.97 Å². The molecule has 0 fully saturated rings. The summed E-state index contributed by atoms with van der Waals surface area (Å²) in [6.07, 6.45) is 0.158. The first-order chi connectivity index (χ1) is 11.6. The number of nitrogens with one attached hydrogen (secondary N) is 2. The van der Waals surface area contributed by atoms with Crippen molar-refractivity contribution < 1.29 is 19.0 Å². The third-order valence-electron chi connectivity index (χ3n) is 3.10. The summed E-state index contributed by atoms with van der Waals surface area (Å²) in [5.41, 5.74) is 0. The van der Waals surface area contributed by atoms with Gasteiger partial charge in [0.1, 0.15) is 6.10 Å². The molecule has 0 aromatic heterocycles. The summed E-state index contributed by atoms with van der Waals surface area (Å²) >= 11 is 0. The lowest BCUT2D eigenvalue weighted by Gasteiger charge is -2.16. The minimum Gasteiger partial charge on any atom is -0.493 e. The van der Waals surface area contributed by atoms with Gasteiger partial charge < -0.3 is 24.8 Å². The van der Waals surface area contributed by atoms with E-state index in [9.17, 15) is 4.79 Å². The quantitative estimate of drug-likeness (QED) is 0.404. The number of hydrogen-bond donors (Lipinski definition) is 2. The molecule has 0 saturated heterocycles. The van der Waals surface area contributed by atoms with E-state index in [4.69, 9.17) is 9.47 Å². The van der Waals surface area contributed by atoms with Gasteiger partial charge in [0.05, 0.1) is 27.2 Å². The van der Waals surface area contributed by atoms with Crippen LogP contribution >= 0.6 is 0 Å². The van der Waals surface area contributed by atoms with Gasteiger partial charge in [-0.1, -0.05) is 12.1 Å². The van der Waals surface area contributed by atoms with Crippen LogP contribution in [0, 0.1) is 0 Å². The van der Waals surface area contributed by atoms with Crippen molar-refractivity contribution in [1.29, 1.82) is 0 Å². The number of para-hydroxylation sites is 2. The highest BCUT2D eigenvalue weighted by Gasteiger charge is 2.09. The van der Waals surface area contributed by atoms with Crippen LogP contribution in [-0.4, -0.2) is 51.9 Å². The molecule has 0 aliphatic rings. The van der Waals surface area contributed by atoms with Crippen molar-refractivity contribution in [3.8, 4) is 11.5 Å². The summed E-state index contributed by atoms with van der Waals surface area (Å²) in [6, 6.07) is 7.50. The molecule has 1 rings (SSSR count). The molecule has 0 spiro atoms. The predicted octanol–water partition coefficient (Wildman–Crippen LogP) is 1.58.